The lowest BCUT2D eigenvalue weighted by atomic mass is 10.1. The monoisotopic (exact) mass is 359 g/mol. The fourth-order valence-corrected chi connectivity index (χ4v) is 2.17. The number of ether oxygens (including phenoxy) is 1. The molecule has 9 heteroatoms. The van der Waals surface area contributed by atoms with Gasteiger partial charge in [0.15, 0.2) is 0 Å². The van der Waals surface area contributed by atoms with E-state index in [4.69, 9.17) is 4.74 Å². The van der Waals surface area contributed by atoms with Gasteiger partial charge in [0.1, 0.15) is 11.3 Å². The Kier molecular flexibility index (Phi) is 6.20. The second kappa shape index (κ2) is 8.56. The number of nitrogens with zero attached hydrogens (tertiary/aromatic N) is 2. The SMILES string of the molecule is CCCCOc1cccc(NC(=O)c2ccc([N+](=O)[O-])cc2[N+](=O)[O-])c1. The van der Waals surface area contributed by atoms with Crippen molar-refractivity contribution in [3.8, 4) is 5.75 Å². The summed E-state index contributed by atoms with van der Waals surface area (Å²) in [6, 6.07) is 9.51. The molecule has 9 nitrogen and oxygen atoms in total. The van der Waals surface area contributed by atoms with E-state index in [9.17, 15) is 25.0 Å². The molecule has 26 heavy (non-hydrogen) atoms. The minimum atomic E-state index is -0.827. The maximum absolute atomic E-state index is 12.4. The van der Waals surface area contributed by atoms with Crippen molar-refractivity contribution < 1.29 is 19.4 Å². The average molecular weight is 359 g/mol. The van der Waals surface area contributed by atoms with Gasteiger partial charge in [-0.25, -0.2) is 0 Å². The standard InChI is InChI=1S/C17H17N3O6/c1-2-3-9-26-14-6-4-5-12(10-14)18-17(21)15-8-7-13(19(22)23)11-16(15)20(24)25/h4-8,10-11H,2-3,9H2,1H3,(H,18,21). The molecule has 0 aliphatic carbocycles. The van der Waals surface area contributed by atoms with Crippen LogP contribution in [0.5, 0.6) is 5.75 Å². The lowest BCUT2D eigenvalue weighted by molar-refractivity contribution is -0.394. The largest absolute Gasteiger partial charge is 0.494 e. The number of non-ortho nitro benzene ring substituents is 1. The molecule has 2 aromatic carbocycles. The van der Waals surface area contributed by atoms with Gasteiger partial charge in [-0.15, -0.1) is 0 Å². The molecular weight excluding hydrogens is 342 g/mol. The zero-order chi connectivity index (χ0) is 19.1. The maximum atomic E-state index is 12.4. The van der Waals surface area contributed by atoms with Gasteiger partial charge in [-0.3, -0.25) is 25.0 Å². The summed E-state index contributed by atoms with van der Waals surface area (Å²) in [7, 11) is 0. The first-order valence-corrected chi connectivity index (χ1v) is 7.89. The Morgan fingerprint density at radius 1 is 1.12 bits per heavy atom. The lowest BCUT2D eigenvalue weighted by Gasteiger charge is -2.09. The third-order valence-electron chi connectivity index (χ3n) is 3.49. The third kappa shape index (κ3) is 4.76. The Morgan fingerprint density at radius 3 is 2.54 bits per heavy atom. The van der Waals surface area contributed by atoms with Crippen LogP contribution < -0.4 is 10.1 Å². The molecule has 2 aromatic rings. The number of carbonyl (C=O) groups is 1. The van der Waals surface area contributed by atoms with E-state index >= 15 is 0 Å². The van der Waals surface area contributed by atoms with Crippen LogP contribution in [0.2, 0.25) is 0 Å². The molecule has 0 aliphatic heterocycles. The van der Waals surface area contributed by atoms with Crippen molar-refractivity contribution in [3.05, 3.63) is 68.3 Å². The minimum Gasteiger partial charge on any atom is -0.494 e. The summed E-state index contributed by atoms with van der Waals surface area (Å²) in [5, 5.41) is 24.4. The molecule has 0 aromatic heterocycles. The van der Waals surface area contributed by atoms with Gasteiger partial charge >= 0.3 is 0 Å². The number of nitrogens with one attached hydrogen (secondary N) is 1. The molecule has 0 spiro atoms. The number of unbranched alkanes of at least 4 members (excludes halogenated alkanes) is 1. The molecule has 0 fully saturated rings. The number of nitro benzene ring substituents is 2. The van der Waals surface area contributed by atoms with E-state index in [-0.39, 0.29) is 5.56 Å². The maximum Gasteiger partial charge on any atom is 0.289 e. The average Bonchev–Trinajstić information content (AvgIpc) is 2.61. The van der Waals surface area contributed by atoms with E-state index in [0.29, 0.717) is 18.0 Å². The van der Waals surface area contributed by atoms with E-state index in [1.807, 2.05) is 6.92 Å². The number of hydrogen-bond donors (Lipinski definition) is 1. The second-order valence-corrected chi connectivity index (χ2v) is 5.40. The van der Waals surface area contributed by atoms with Crippen molar-refractivity contribution in [1.82, 2.24) is 0 Å². The van der Waals surface area contributed by atoms with Gasteiger partial charge < -0.3 is 10.1 Å². The van der Waals surface area contributed by atoms with E-state index in [1.54, 1.807) is 24.3 Å². The van der Waals surface area contributed by atoms with Crippen LogP contribution in [0.1, 0.15) is 30.1 Å². The molecule has 0 saturated heterocycles. The first-order valence-electron chi connectivity index (χ1n) is 7.89. The number of carbonyl (C=O) groups excluding carboxylic acids is 1. The van der Waals surface area contributed by atoms with Crippen LogP contribution >= 0.6 is 0 Å². The highest BCUT2D eigenvalue weighted by Crippen LogP contribution is 2.26. The Morgan fingerprint density at radius 2 is 1.88 bits per heavy atom. The highest BCUT2D eigenvalue weighted by Gasteiger charge is 2.24. The van der Waals surface area contributed by atoms with Gasteiger partial charge in [0.05, 0.1) is 22.5 Å². The Balaban J connectivity index is 2.21. The van der Waals surface area contributed by atoms with Gasteiger partial charge in [-0.1, -0.05) is 19.4 Å². The summed E-state index contributed by atoms with van der Waals surface area (Å²) in [6.45, 7) is 2.58. The first-order chi connectivity index (χ1) is 12.4. The second-order valence-electron chi connectivity index (χ2n) is 5.40. The summed E-state index contributed by atoms with van der Waals surface area (Å²) in [4.78, 5) is 32.7. The zero-order valence-corrected chi connectivity index (χ0v) is 14.0. The fraction of sp³-hybridized carbons (Fsp3) is 0.235. The van der Waals surface area contributed by atoms with E-state index in [1.165, 1.54) is 0 Å². The van der Waals surface area contributed by atoms with Gasteiger partial charge in [-0.05, 0) is 24.6 Å². The number of hydrogen-bond acceptors (Lipinski definition) is 6. The van der Waals surface area contributed by atoms with Crippen molar-refractivity contribution >= 4 is 23.0 Å². The van der Waals surface area contributed by atoms with Gasteiger partial charge in [0.25, 0.3) is 17.3 Å². The van der Waals surface area contributed by atoms with Crippen LogP contribution in [0.25, 0.3) is 0 Å². The third-order valence-corrected chi connectivity index (χ3v) is 3.49. The Bertz CT molecular complexity index is 837. The van der Waals surface area contributed by atoms with E-state index in [2.05, 4.69) is 5.32 Å². The van der Waals surface area contributed by atoms with Crippen LogP contribution in [0.3, 0.4) is 0 Å². The van der Waals surface area contributed by atoms with Gasteiger partial charge in [0, 0.05) is 17.8 Å². The molecule has 2 rings (SSSR count). The topological polar surface area (TPSA) is 125 Å². The molecule has 136 valence electrons. The summed E-state index contributed by atoms with van der Waals surface area (Å²) < 4.78 is 5.54. The van der Waals surface area contributed by atoms with Crippen LogP contribution in [0.15, 0.2) is 42.5 Å². The number of rotatable bonds is 8. The van der Waals surface area contributed by atoms with E-state index < -0.39 is 27.1 Å². The predicted octanol–water partition coefficient (Wildman–Crippen LogP) is 3.93. The van der Waals surface area contributed by atoms with Crippen LogP contribution in [-0.2, 0) is 0 Å². The summed E-state index contributed by atoms with van der Waals surface area (Å²) >= 11 is 0. The normalized spacial score (nSPS) is 10.2. The number of nitro groups is 2. The molecule has 1 N–H and O–H groups in total. The smallest absolute Gasteiger partial charge is 0.289 e. The fourth-order valence-electron chi connectivity index (χ4n) is 2.17. The summed E-state index contributed by atoms with van der Waals surface area (Å²) in [5.74, 6) is -0.174. The Labute approximate surface area is 148 Å². The van der Waals surface area contributed by atoms with Crippen molar-refractivity contribution in [3.63, 3.8) is 0 Å². The lowest BCUT2D eigenvalue weighted by Crippen LogP contribution is -2.14. The first kappa shape index (κ1) is 18.8. The molecule has 0 atom stereocenters. The number of amides is 1. The molecule has 0 bridgehead atoms. The van der Waals surface area contributed by atoms with Crippen LogP contribution in [-0.4, -0.2) is 22.4 Å². The molecule has 0 unspecified atom stereocenters. The quantitative estimate of drug-likeness (QED) is 0.432. The van der Waals surface area contributed by atoms with Crippen molar-refractivity contribution in [1.29, 1.82) is 0 Å². The highest BCUT2D eigenvalue weighted by molar-refractivity contribution is 6.07. The molecular formula is C17H17N3O6. The van der Waals surface area contributed by atoms with Crippen LogP contribution in [0.4, 0.5) is 17.1 Å². The molecule has 0 aliphatic rings. The summed E-state index contributed by atoms with van der Waals surface area (Å²) in [5.41, 5.74) is -0.957. The van der Waals surface area contributed by atoms with Gasteiger partial charge in [-0.2, -0.15) is 0 Å². The minimum absolute atomic E-state index is 0.266. The molecule has 0 radical (unpaired) electrons. The van der Waals surface area contributed by atoms with Crippen molar-refractivity contribution in [2.45, 2.75) is 19.8 Å². The molecule has 1 amide bonds. The number of anilines is 1. The zero-order valence-electron chi connectivity index (χ0n) is 14.0. The molecule has 0 saturated carbocycles. The van der Waals surface area contributed by atoms with Crippen LogP contribution in [0, 0.1) is 20.2 Å². The van der Waals surface area contributed by atoms with Crippen molar-refractivity contribution in [2.75, 3.05) is 11.9 Å². The molecule has 0 heterocycles. The Hall–Kier alpha value is -3.49. The van der Waals surface area contributed by atoms with Crippen molar-refractivity contribution in [2.24, 2.45) is 0 Å². The van der Waals surface area contributed by atoms with E-state index in [0.717, 1.165) is 31.0 Å². The van der Waals surface area contributed by atoms with Gasteiger partial charge in [0.2, 0.25) is 0 Å². The number of benzene rings is 2. The predicted molar refractivity (Wildman–Crippen MR) is 94.5 cm³/mol. The summed E-state index contributed by atoms with van der Waals surface area (Å²) in [6.07, 6.45) is 1.88. The highest BCUT2D eigenvalue weighted by atomic mass is 16.6.